The van der Waals surface area contributed by atoms with Crippen molar-refractivity contribution < 1.29 is 4.42 Å². The summed E-state index contributed by atoms with van der Waals surface area (Å²) in [6.07, 6.45) is 4.65. The van der Waals surface area contributed by atoms with E-state index in [0.717, 1.165) is 30.4 Å². The molecule has 1 aromatic heterocycles. The Kier molecular flexibility index (Phi) is 10.7. The zero-order valence-electron chi connectivity index (χ0n) is 47.6. The van der Waals surface area contributed by atoms with Crippen molar-refractivity contribution in [3.63, 3.8) is 0 Å². The van der Waals surface area contributed by atoms with Gasteiger partial charge >= 0.3 is 0 Å². The van der Waals surface area contributed by atoms with E-state index in [9.17, 15) is 0 Å². The zero-order valence-corrected chi connectivity index (χ0v) is 47.6. The van der Waals surface area contributed by atoms with Crippen molar-refractivity contribution in [3.8, 4) is 22.3 Å². The molecule has 13 rings (SSSR count). The smallest absolute Gasteiger partial charge is 0.252 e. The molecule has 0 unspecified atom stereocenters. The van der Waals surface area contributed by atoms with Crippen LogP contribution in [-0.4, -0.2) is 6.71 Å². The predicted molar refractivity (Wildman–Crippen MR) is 327 cm³/mol. The average Bonchev–Trinajstić information content (AvgIpc) is 3.93. The lowest BCUT2D eigenvalue weighted by Gasteiger charge is -2.46. The Labute approximate surface area is 453 Å². The molecule has 4 heteroatoms. The van der Waals surface area contributed by atoms with Gasteiger partial charge in [-0.15, -0.1) is 0 Å². The third-order valence-electron chi connectivity index (χ3n) is 19.0. The number of nitrogens with zero attached hydrogens (tertiary/aromatic N) is 2. The van der Waals surface area contributed by atoms with Gasteiger partial charge in [0.25, 0.3) is 6.71 Å². The van der Waals surface area contributed by atoms with Crippen molar-refractivity contribution in [2.24, 2.45) is 0 Å². The fourth-order valence-corrected chi connectivity index (χ4v) is 14.0. The first-order valence-corrected chi connectivity index (χ1v) is 28.4. The fourth-order valence-electron chi connectivity index (χ4n) is 14.0. The van der Waals surface area contributed by atoms with Crippen LogP contribution in [0.2, 0.25) is 0 Å². The molecule has 0 saturated carbocycles. The number of anilines is 6. The van der Waals surface area contributed by atoms with Gasteiger partial charge in [-0.1, -0.05) is 175 Å². The number of benzene rings is 8. The number of hydrogen-bond acceptors (Lipinski definition) is 3. The van der Waals surface area contributed by atoms with Crippen molar-refractivity contribution in [3.05, 3.63) is 185 Å². The first kappa shape index (κ1) is 48.8. The minimum Gasteiger partial charge on any atom is -0.456 e. The Morgan fingerprint density at radius 1 is 0.461 bits per heavy atom. The van der Waals surface area contributed by atoms with Gasteiger partial charge in [-0.3, -0.25) is 0 Å². The second-order valence-corrected chi connectivity index (χ2v) is 27.3. The van der Waals surface area contributed by atoms with Gasteiger partial charge in [0.2, 0.25) is 0 Å². The maximum atomic E-state index is 7.24. The van der Waals surface area contributed by atoms with Crippen LogP contribution in [0.4, 0.5) is 34.1 Å². The van der Waals surface area contributed by atoms with E-state index >= 15 is 0 Å². The average molecular weight is 995 g/mol. The summed E-state index contributed by atoms with van der Waals surface area (Å²) in [6, 6.07) is 57.0. The molecule has 8 aromatic carbocycles. The van der Waals surface area contributed by atoms with Gasteiger partial charge in [-0.05, 0) is 198 Å². The Balaban J connectivity index is 1.19. The highest BCUT2D eigenvalue weighted by atomic mass is 16.3. The molecule has 0 amide bonds. The summed E-state index contributed by atoms with van der Waals surface area (Å²) >= 11 is 0. The third kappa shape index (κ3) is 7.43. The lowest BCUT2D eigenvalue weighted by molar-refractivity contribution is 0.332. The van der Waals surface area contributed by atoms with Crippen LogP contribution in [-0.2, 0) is 27.1 Å². The van der Waals surface area contributed by atoms with Gasteiger partial charge in [-0.25, -0.2) is 0 Å². The lowest BCUT2D eigenvalue weighted by Crippen LogP contribution is -2.61. The van der Waals surface area contributed by atoms with Crippen LogP contribution in [0, 0.1) is 6.92 Å². The molecular weight excluding hydrogens is 920 g/mol. The predicted octanol–water partition coefficient (Wildman–Crippen LogP) is 18.4. The molecule has 76 heavy (non-hydrogen) atoms. The monoisotopic (exact) mass is 995 g/mol. The molecule has 3 nitrogen and oxygen atoms in total. The van der Waals surface area contributed by atoms with E-state index < -0.39 is 0 Å². The van der Waals surface area contributed by atoms with E-state index in [-0.39, 0.29) is 33.8 Å². The molecule has 382 valence electrons. The van der Waals surface area contributed by atoms with Crippen molar-refractivity contribution in [2.75, 3.05) is 9.80 Å². The van der Waals surface area contributed by atoms with Crippen molar-refractivity contribution in [1.29, 1.82) is 0 Å². The topological polar surface area (TPSA) is 19.6 Å². The molecular formula is C72H75BN2O. The van der Waals surface area contributed by atoms with E-state index in [1.165, 1.54) is 129 Å². The van der Waals surface area contributed by atoms with Crippen LogP contribution in [0.3, 0.4) is 0 Å². The first-order chi connectivity index (χ1) is 36.0. The highest BCUT2D eigenvalue weighted by Crippen LogP contribution is 2.54. The van der Waals surface area contributed by atoms with E-state index in [1.54, 1.807) is 0 Å². The normalized spacial score (nSPS) is 17.6. The summed E-state index contributed by atoms with van der Waals surface area (Å²) in [7, 11) is 0. The maximum absolute atomic E-state index is 7.24. The molecule has 4 aliphatic rings. The Morgan fingerprint density at radius 3 is 1.59 bits per heavy atom. The Hall–Kier alpha value is -6.78. The van der Waals surface area contributed by atoms with Crippen molar-refractivity contribution in [2.45, 2.75) is 156 Å². The maximum Gasteiger partial charge on any atom is 0.252 e. The SMILES string of the molecule is Cc1cc2c(cc1N1c3cc(C(C)C)ccc3B3c4cc5oc6cc7c(cc6c5cc4N(c4ccc(C(C)(C)C)cc4-c4ccccc4)c4cc(-c5ccccc5)cc1c43)C(C)(C)CCC7(C)C)C(C)(C)CCC2(C)C. The third-order valence-corrected chi connectivity index (χ3v) is 19.0. The highest BCUT2D eigenvalue weighted by Gasteiger charge is 2.47. The highest BCUT2D eigenvalue weighted by molar-refractivity contribution is 7.00. The van der Waals surface area contributed by atoms with Crippen molar-refractivity contribution >= 4 is 79.2 Å². The summed E-state index contributed by atoms with van der Waals surface area (Å²) < 4.78 is 7.24. The second kappa shape index (κ2) is 16.6. The van der Waals surface area contributed by atoms with Crippen LogP contribution in [0.15, 0.2) is 150 Å². The summed E-state index contributed by atoms with van der Waals surface area (Å²) in [5.41, 5.74) is 28.0. The van der Waals surface area contributed by atoms with Crippen LogP contribution in [0.25, 0.3) is 44.2 Å². The molecule has 0 N–H and O–H groups in total. The number of aryl methyl sites for hydroxylation is 1. The van der Waals surface area contributed by atoms with Crippen LogP contribution < -0.4 is 26.2 Å². The van der Waals surface area contributed by atoms with Crippen LogP contribution >= 0.6 is 0 Å². The zero-order chi connectivity index (χ0) is 53.2. The standard InChI is InChI=1S/C72H75BN2O/c1-43(2)47-25-27-57-61(34-47)75(60-40-55-53(33-44(60)3)69(7,8)29-31-71(55,11)12)64-36-48(45-21-17-15-18-22-45)35-63-67(64)73(57)58-42-66-52(51-38-54-56(41-65(51)76-66)72(13,14)32-30-70(54,9)10)39-62(58)74(63)59-28-26-49(68(4,5)6)37-50(59)46-23-19-16-20-24-46/h15-28,33-43H,29-32H2,1-14H3. The number of rotatable bonds is 5. The molecule has 0 fully saturated rings. The molecule has 0 saturated heterocycles. The lowest BCUT2D eigenvalue weighted by atomic mass is 9.33. The van der Waals surface area contributed by atoms with Gasteiger partial charge in [0.05, 0.1) is 5.69 Å². The van der Waals surface area contributed by atoms with Crippen LogP contribution in [0.1, 0.15) is 161 Å². The minimum atomic E-state index is -0.0837. The summed E-state index contributed by atoms with van der Waals surface area (Å²) in [5.74, 6) is 0.349. The van der Waals surface area contributed by atoms with Gasteiger partial charge in [0.1, 0.15) is 11.2 Å². The van der Waals surface area contributed by atoms with Gasteiger partial charge in [-0.2, -0.15) is 0 Å². The molecule has 2 aliphatic heterocycles. The number of fused-ring (bicyclic) bond motifs is 9. The summed E-state index contributed by atoms with van der Waals surface area (Å²) in [4.78, 5) is 5.35. The van der Waals surface area contributed by atoms with Gasteiger partial charge < -0.3 is 14.2 Å². The van der Waals surface area contributed by atoms with Crippen molar-refractivity contribution in [1.82, 2.24) is 0 Å². The molecule has 0 atom stereocenters. The molecule has 0 radical (unpaired) electrons. The fraction of sp³-hybridized carbons (Fsp3) is 0.333. The van der Waals surface area contributed by atoms with E-state index in [4.69, 9.17) is 4.42 Å². The summed E-state index contributed by atoms with van der Waals surface area (Å²) in [5, 5.41) is 2.36. The molecule has 9 aromatic rings. The Bertz CT molecular complexity index is 3860. The number of hydrogen-bond donors (Lipinski definition) is 0. The number of furan rings is 1. The van der Waals surface area contributed by atoms with E-state index in [2.05, 4.69) is 252 Å². The molecule has 2 aliphatic carbocycles. The molecule has 3 heterocycles. The largest absolute Gasteiger partial charge is 0.456 e. The van der Waals surface area contributed by atoms with Gasteiger partial charge in [0.15, 0.2) is 0 Å². The Morgan fingerprint density at radius 2 is 0.987 bits per heavy atom. The van der Waals surface area contributed by atoms with Gasteiger partial charge in [0, 0.05) is 44.8 Å². The summed E-state index contributed by atoms with van der Waals surface area (Å²) in [6.45, 7) is 33.5. The van der Waals surface area contributed by atoms with E-state index in [1.807, 2.05) is 0 Å². The van der Waals surface area contributed by atoms with E-state index in [0.29, 0.717) is 5.92 Å². The van der Waals surface area contributed by atoms with Crippen LogP contribution in [0.5, 0.6) is 0 Å². The molecule has 0 bridgehead atoms. The first-order valence-electron chi connectivity index (χ1n) is 28.4. The minimum absolute atomic E-state index is 0.0328. The second-order valence-electron chi connectivity index (χ2n) is 27.3. The quantitative estimate of drug-likeness (QED) is 0.160. The molecule has 0 spiro atoms.